The van der Waals surface area contributed by atoms with Gasteiger partial charge in [0.1, 0.15) is 17.7 Å². The molecule has 2 N–H and O–H groups in total. The number of methoxy groups -OCH3 is 1. The zero-order valence-electron chi connectivity index (χ0n) is 10.3. The first-order valence-electron chi connectivity index (χ1n) is 6.17. The molecule has 1 fully saturated rings. The molecular weight excluding hydrogens is 228 g/mol. The minimum Gasteiger partial charge on any atom is -0.495 e. The van der Waals surface area contributed by atoms with Gasteiger partial charge in [-0.1, -0.05) is 6.42 Å². The first kappa shape index (κ1) is 11.1. The average molecular weight is 244 g/mol. The zero-order valence-corrected chi connectivity index (χ0v) is 10.3. The third kappa shape index (κ3) is 1.83. The molecule has 1 aromatic heterocycles. The molecule has 1 aliphatic rings. The molecule has 3 rings (SSSR count). The molecule has 0 radical (unpaired) electrons. The van der Waals surface area contributed by atoms with Crippen molar-refractivity contribution in [2.45, 2.75) is 25.2 Å². The zero-order chi connectivity index (χ0) is 12.5. The molecule has 0 aliphatic heterocycles. The lowest BCUT2D eigenvalue weighted by atomic mass is 9.85. The van der Waals surface area contributed by atoms with Crippen molar-refractivity contribution in [3.05, 3.63) is 30.4 Å². The molecule has 1 saturated carbocycles. The molecule has 0 saturated heterocycles. The van der Waals surface area contributed by atoms with Gasteiger partial charge in [0, 0.05) is 11.5 Å². The van der Waals surface area contributed by atoms with Crippen LogP contribution < -0.4 is 10.5 Å². The molecule has 0 bridgehead atoms. The number of benzene rings is 1. The Kier molecular flexibility index (Phi) is 2.70. The van der Waals surface area contributed by atoms with E-state index in [1.165, 1.54) is 19.3 Å². The Bertz CT molecular complexity index is 559. The number of hydrogen-bond donors (Lipinski definition) is 1. The van der Waals surface area contributed by atoms with E-state index in [-0.39, 0.29) is 0 Å². The summed E-state index contributed by atoms with van der Waals surface area (Å²) in [5, 5.41) is 0. The van der Waals surface area contributed by atoms with Gasteiger partial charge in [0.25, 0.3) is 0 Å². The first-order valence-corrected chi connectivity index (χ1v) is 6.17. The molecule has 4 heteroatoms. The Labute approximate surface area is 106 Å². The minimum absolute atomic E-state index is 0.509. The molecule has 4 nitrogen and oxygen atoms in total. The van der Waals surface area contributed by atoms with Gasteiger partial charge in [0.2, 0.25) is 0 Å². The predicted octanol–water partition coefficient (Wildman–Crippen LogP) is 3.20. The van der Waals surface area contributed by atoms with Gasteiger partial charge in [-0.05, 0) is 31.0 Å². The maximum Gasteiger partial charge on any atom is 0.197 e. The van der Waals surface area contributed by atoms with Crippen LogP contribution >= 0.6 is 0 Å². The van der Waals surface area contributed by atoms with Crippen LogP contribution in [0.2, 0.25) is 0 Å². The Hall–Kier alpha value is -1.97. The topological polar surface area (TPSA) is 61.3 Å². The number of hydrogen-bond acceptors (Lipinski definition) is 4. The van der Waals surface area contributed by atoms with Gasteiger partial charge in [-0.3, -0.25) is 0 Å². The standard InChI is InChI=1S/C14H16N2O2/c1-17-13-6-5-10(7-11(13)15)12-8-18-14(16-12)9-3-2-4-9/h5-9H,2-4,15H2,1H3. The van der Waals surface area contributed by atoms with E-state index < -0.39 is 0 Å². The van der Waals surface area contributed by atoms with Crippen LogP contribution in [0.25, 0.3) is 11.3 Å². The fourth-order valence-electron chi connectivity index (χ4n) is 2.16. The molecule has 1 heterocycles. The number of aromatic nitrogens is 1. The molecule has 0 unspecified atom stereocenters. The van der Waals surface area contributed by atoms with Crippen LogP contribution in [0.5, 0.6) is 5.75 Å². The first-order chi connectivity index (χ1) is 8.78. The van der Waals surface area contributed by atoms with E-state index in [4.69, 9.17) is 14.9 Å². The number of nitrogens with zero attached hydrogens (tertiary/aromatic N) is 1. The van der Waals surface area contributed by atoms with Crippen LogP contribution in [0, 0.1) is 0 Å². The summed E-state index contributed by atoms with van der Waals surface area (Å²) < 4.78 is 10.7. The Morgan fingerprint density at radius 1 is 1.39 bits per heavy atom. The lowest BCUT2D eigenvalue weighted by molar-refractivity contribution is 0.335. The summed E-state index contributed by atoms with van der Waals surface area (Å²) in [6, 6.07) is 5.65. The highest BCUT2D eigenvalue weighted by Crippen LogP contribution is 2.37. The summed E-state index contributed by atoms with van der Waals surface area (Å²) in [6.07, 6.45) is 5.35. The van der Waals surface area contributed by atoms with Crippen molar-refractivity contribution in [1.82, 2.24) is 4.98 Å². The molecule has 1 aromatic carbocycles. The van der Waals surface area contributed by atoms with Crippen LogP contribution in [0.4, 0.5) is 5.69 Å². The summed E-state index contributed by atoms with van der Waals surface area (Å²) in [5.41, 5.74) is 8.30. The molecule has 94 valence electrons. The summed E-state index contributed by atoms with van der Waals surface area (Å²) in [4.78, 5) is 4.54. The fourth-order valence-corrected chi connectivity index (χ4v) is 2.16. The van der Waals surface area contributed by atoms with Crippen LogP contribution in [0.3, 0.4) is 0 Å². The van der Waals surface area contributed by atoms with Gasteiger partial charge in [-0.25, -0.2) is 4.98 Å². The Balaban J connectivity index is 1.89. The van der Waals surface area contributed by atoms with Crippen LogP contribution in [0.1, 0.15) is 31.1 Å². The lowest BCUT2D eigenvalue weighted by Crippen LogP contribution is -2.08. The van der Waals surface area contributed by atoms with Crippen molar-refractivity contribution in [3.63, 3.8) is 0 Å². The second-order valence-corrected chi connectivity index (χ2v) is 4.66. The van der Waals surface area contributed by atoms with Gasteiger partial charge < -0.3 is 14.9 Å². The van der Waals surface area contributed by atoms with Crippen LogP contribution in [-0.4, -0.2) is 12.1 Å². The largest absolute Gasteiger partial charge is 0.495 e. The van der Waals surface area contributed by atoms with Gasteiger partial charge in [0.05, 0.1) is 12.8 Å². The van der Waals surface area contributed by atoms with Gasteiger partial charge in [0.15, 0.2) is 5.89 Å². The number of nitrogens with two attached hydrogens (primary N) is 1. The lowest BCUT2D eigenvalue weighted by Gasteiger charge is -2.21. The summed E-state index contributed by atoms with van der Waals surface area (Å²) in [5.74, 6) is 2.04. The van der Waals surface area contributed by atoms with Crippen molar-refractivity contribution in [1.29, 1.82) is 0 Å². The van der Waals surface area contributed by atoms with E-state index in [2.05, 4.69) is 4.98 Å². The molecule has 0 amide bonds. The highest BCUT2D eigenvalue weighted by Gasteiger charge is 2.24. The average Bonchev–Trinajstić information content (AvgIpc) is 2.76. The third-order valence-electron chi connectivity index (χ3n) is 3.50. The normalized spacial score (nSPS) is 15.4. The van der Waals surface area contributed by atoms with Crippen molar-refractivity contribution in [2.75, 3.05) is 12.8 Å². The number of oxazole rings is 1. The molecular formula is C14H16N2O2. The number of ether oxygens (including phenoxy) is 1. The molecule has 0 spiro atoms. The number of rotatable bonds is 3. The van der Waals surface area contributed by atoms with Crippen molar-refractivity contribution in [3.8, 4) is 17.0 Å². The Morgan fingerprint density at radius 3 is 2.83 bits per heavy atom. The highest BCUT2D eigenvalue weighted by molar-refractivity contribution is 5.67. The fraction of sp³-hybridized carbons (Fsp3) is 0.357. The quantitative estimate of drug-likeness (QED) is 0.842. The van der Waals surface area contributed by atoms with E-state index in [1.54, 1.807) is 13.4 Å². The monoisotopic (exact) mass is 244 g/mol. The van der Waals surface area contributed by atoms with Gasteiger partial charge in [-0.15, -0.1) is 0 Å². The van der Waals surface area contributed by atoms with Gasteiger partial charge >= 0.3 is 0 Å². The minimum atomic E-state index is 0.509. The summed E-state index contributed by atoms with van der Waals surface area (Å²) >= 11 is 0. The maximum absolute atomic E-state index is 5.89. The van der Waals surface area contributed by atoms with E-state index in [1.807, 2.05) is 18.2 Å². The molecule has 1 aliphatic carbocycles. The smallest absolute Gasteiger partial charge is 0.197 e. The van der Waals surface area contributed by atoms with Crippen LogP contribution in [-0.2, 0) is 0 Å². The van der Waals surface area contributed by atoms with E-state index >= 15 is 0 Å². The molecule has 18 heavy (non-hydrogen) atoms. The summed E-state index contributed by atoms with van der Waals surface area (Å²) in [6.45, 7) is 0. The molecule has 0 atom stereocenters. The molecule has 2 aromatic rings. The van der Waals surface area contributed by atoms with Crippen molar-refractivity contribution < 1.29 is 9.15 Å². The Morgan fingerprint density at radius 2 is 2.22 bits per heavy atom. The van der Waals surface area contributed by atoms with Crippen molar-refractivity contribution >= 4 is 5.69 Å². The third-order valence-corrected chi connectivity index (χ3v) is 3.50. The second-order valence-electron chi connectivity index (χ2n) is 4.66. The van der Waals surface area contributed by atoms with Gasteiger partial charge in [-0.2, -0.15) is 0 Å². The predicted molar refractivity (Wildman–Crippen MR) is 69.5 cm³/mol. The second kappa shape index (κ2) is 4.37. The summed E-state index contributed by atoms with van der Waals surface area (Å²) in [7, 11) is 1.61. The van der Waals surface area contributed by atoms with E-state index in [0.29, 0.717) is 17.4 Å². The highest BCUT2D eigenvalue weighted by atomic mass is 16.5. The SMILES string of the molecule is COc1ccc(-c2coc(C3CCC3)n2)cc1N. The van der Waals surface area contributed by atoms with Crippen molar-refractivity contribution in [2.24, 2.45) is 0 Å². The van der Waals surface area contributed by atoms with E-state index in [9.17, 15) is 0 Å². The number of anilines is 1. The van der Waals surface area contributed by atoms with Crippen LogP contribution in [0.15, 0.2) is 28.9 Å². The van der Waals surface area contributed by atoms with E-state index in [0.717, 1.165) is 17.1 Å². The number of nitrogen functional groups attached to an aromatic ring is 1. The maximum atomic E-state index is 5.89.